The van der Waals surface area contributed by atoms with Crippen molar-refractivity contribution in [3.8, 4) is 11.5 Å². The van der Waals surface area contributed by atoms with E-state index in [1.807, 2.05) is 0 Å². The monoisotopic (exact) mass is 398 g/mol. The van der Waals surface area contributed by atoms with Crippen LogP contribution in [-0.2, 0) is 4.74 Å². The van der Waals surface area contributed by atoms with Crippen LogP contribution in [0.5, 0.6) is 11.5 Å². The standard InChI is InChI=1S/C21H22N2O6/c1-5-8-23(20(25)14-6-7-16-17(9-14)29-11-28-16)10-15(24)18-12(2)19(21(26)27-4)22-13(18)3/h5-7,9,22H,1,8,10-11H2,2-4H3. The van der Waals surface area contributed by atoms with Gasteiger partial charge in [0.25, 0.3) is 5.91 Å². The Bertz CT molecular complexity index is 991. The molecule has 0 spiro atoms. The summed E-state index contributed by atoms with van der Waals surface area (Å²) in [6.45, 7) is 7.16. The first-order chi connectivity index (χ1) is 13.9. The Balaban J connectivity index is 1.84. The number of rotatable bonds is 7. The number of ketones is 1. The topological polar surface area (TPSA) is 97.9 Å². The smallest absolute Gasteiger partial charge is 0.354 e. The fourth-order valence-electron chi connectivity index (χ4n) is 3.31. The summed E-state index contributed by atoms with van der Waals surface area (Å²) >= 11 is 0. The number of ether oxygens (including phenoxy) is 3. The third-order valence-electron chi connectivity index (χ3n) is 4.70. The molecule has 0 saturated heterocycles. The van der Waals surface area contributed by atoms with Crippen LogP contribution in [0.15, 0.2) is 30.9 Å². The SMILES string of the molecule is C=CCN(CC(=O)c1c(C)[nH]c(C(=O)OC)c1C)C(=O)c1ccc2c(c1)OCO2. The van der Waals surface area contributed by atoms with E-state index in [0.29, 0.717) is 33.9 Å². The fourth-order valence-corrected chi connectivity index (χ4v) is 3.31. The Labute approximate surface area is 168 Å². The predicted octanol–water partition coefficient (Wildman–Crippen LogP) is 2.66. The number of benzene rings is 1. The average molecular weight is 398 g/mol. The molecule has 1 aromatic heterocycles. The van der Waals surface area contributed by atoms with Crippen molar-refractivity contribution >= 4 is 17.7 Å². The summed E-state index contributed by atoms with van der Waals surface area (Å²) in [5.74, 6) is -0.121. The van der Waals surface area contributed by atoms with E-state index < -0.39 is 5.97 Å². The molecule has 1 N–H and O–H groups in total. The molecule has 0 fully saturated rings. The number of aromatic amines is 1. The van der Waals surface area contributed by atoms with Gasteiger partial charge in [0.1, 0.15) is 5.69 Å². The van der Waals surface area contributed by atoms with E-state index >= 15 is 0 Å². The predicted molar refractivity (Wildman–Crippen MR) is 105 cm³/mol. The van der Waals surface area contributed by atoms with E-state index in [1.165, 1.54) is 12.0 Å². The minimum absolute atomic E-state index is 0.108. The molecule has 29 heavy (non-hydrogen) atoms. The molecule has 0 saturated carbocycles. The molecule has 0 aliphatic carbocycles. The molecule has 0 bridgehead atoms. The highest BCUT2D eigenvalue weighted by molar-refractivity contribution is 6.06. The van der Waals surface area contributed by atoms with Crippen molar-refractivity contribution in [3.63, 3.8) is 0 Å². The number of esters is 1. The summed E-state index contributed by atoms with van der Waals surface area (Å²) in [6, 6.07) is 4.87. The second-order valence-corrected chi connectivity index (χ2v) is 6.58. The van der Waals surface area contributed by atoms with Gasteiger partial charge >= 0.3 is 5.97 Å². The van der Waals surface area contributed by atoms with Gasteiger partial charge in [-0.3, -0.25) is 9.59 Å². The van der Waals surface area contributed by atoms with E-state index in [-0.39, 0.29) is 37.3 Å². The highest BCUT2D eigenvalue weighted by atomic mass is 16.7. The van der Waals surface area contributed by atoms with Crippen molar-refractivity contribution in [3.05, 3.63) is 58.9 Å². The van der Waals surface area contributed by atoms with E-state index in [4.69, 9.17) is 14.2 Å². The van der Waals surface area contributed by atoms with Gasteiger partial charge < -0.3 is 24.1 Å². The summed E-state index contributed by atoms with van der Waals surface area (Å²) in [5.41, 5.74) is 2.01. The Morgan fingerprint density at radius 1 is 1.24 bits per heavy atom. The normalized spacial score (nSPS) is 11.8. The van der Waals surface area contributed by atoms with Gasteiger partial charge in [0, 0.05) is 23.4 Å². The number of methoxy groups -OCH3 is 1. The molecule has 1 amide bonds. The Kier molecular flexibility index (Phi) is 5.72. The first-order valence-electron chi connectivity index (χ1n) is 8.97. The zero-order valence-electron chi connectivity index (χ0n) is 16.5. The van der Waals surface area contributed by atoms with Crippen LogP contribution >= 0.6 is 0 Å². The Hall–Kier alpha value is -3.55. The van der Waals surface area contributed by atoms with Gasteiger partial charge in [0.15, 0.2) is 17.3 Å². The molecule has 0 radical (unpaired) electrons. The van der Waals surface area contributed by atoms with Crippen LogP contribution in [0.2, 0.25) is 0 Å². The van der Waals surface area contributed by atoms with Crippen molar-refractivity contribution in [2.45, 2.75) is 13.8 Å². The zero-order chi connectivity index (χ0) is 21.1. The van der Waals surface area contributed by atoms with Crippen LogP contribution < -0.4 is 9.47 Å². The van der Waals surface area contributed by atoms with Gasteiger partial charge in [0.2, 0.25) is 6.79 Å². The van der Waals surface area contributed by atoms with Crippen molar-refractivity contribution in [1.29, 1.82) is 0 Å². The van der Waals surface area contributed by atoms with Gasteiger partial charge in [-0.25, -0.2) is 4.79 Å². The highest BCUT2D eigenvalue weighted by Gasteiger charge is 2.26. The van der Waals surface area contributed by atoms with Crippen molar-refractivity contribution < 1.29 is 28.6 Å². The molecule has 2 aromatic rings. The molecule has 1 aliphatic rings. The quantitative estimate of drug-likeness (QED) is 0.437. The molecule has 0 unspecified atom stereocenters. The van der Waals surface area contributed by atoms with E-state index in [1.54, 1.807) is 38.1 Å². The summed E-state index contributed by atoms with van der Waals surface area (Å²) in [5, 5.41) is 0. The van der Waals surface area contributed by atoms with E-state index in [0.717, 1.165) is 0 Å². The first-order valence-corrected chi connectivity index (χ1v) is 8.97. The molecule has 3 rings (SSSR count). The van der Waals surface area contributed by atoms with Gasteiger partial charge in [-0.2, -0.15) is 0 Å². The van der Waals surface area contributed by atoms with Gasteiger partial charge in [0.05, 0.1) is 13.7 Å². The summed E-state index contributed by atoms with van der Waals surface area (Å²) in [4.78, 5) is 42.1. The van der Waals surface area contributed by atoms with Gasteiger partial charge in [-0.15, -0.1) is 6.58 Å². The Morgan fingerprint density at radius 2 is 1.97 bits per heavy atom. The zero-order valence-corrected chi connectivity index (χ0v) is 16.5. The number of carbonyl (C=O) groups excluding carboxylic acids is 3. The number of hydrogen-bond donors (Lipinski definition) is 1. The number of aromatic nitrogens is 1. The number of hydrogen-bond acceptors (Lipinski definition) is 6. The summed E-state index contributed by atoms with van der Waals surface area (Å²) < 4.78 is 15.3. The molecule has 0 atom stereocenters. The molecule has 1 aliphatic heterocycles. The minimum atomic E-state index is -0.552. The maximum atomic E-state index is 13.0. The number of amides is 1. The fraction of sp³-hybridized carbons (Fsp3) is 0.286. The second-order valence-electron chi connectivity index (χ2n) is 6.58. The van der Waals surface area contributed by atoms with Crippen LogP contribution in [0, 0.1) is 13.8 Å². The molecular formula is C21H22N2O6. The molecule has 152 valence electrons. The number of H-pyrrole nitrogens is 1. The number of Topliss-reactive ketones (excluding diaryl/α,β-unsaturated/α-hetero) is 1. The number of carbonyl (C=O) groups is 3. The lowest BCUT2D eigenvalue weighted by molar-refractivity contribution is 0.0593. The lowest BCUT2D eigenvalue weighted by atomic mass is 10.0. The molecular weight excluding hydrogens is 376 g/mol. The number of fused-ring (bicyclic) bond motifs is 1. The van der Waals surface area contributed by atoms with Crippen molar-refractivity contribution in [1.82, 2.24) is 9.88 Å². The van der Waals surface area contributed by atoms with Crippen LogP contribution in [0.1, 0.15) is 42.5 Å². The van der Waals surface area contributed by atoms with E-state index in [9.17, 15) is 14.4 Å². The molecule has 2 heterocycles. The average Bonchev–Trinajstić information content (AvgIpc) is 3.29. The van der Waals surface area contributed by atoms with Crippen LogP contribution in [0.4, 0.5) is 0 Å². The van der Waals surface area contributed by atoms with E-state index in [2.05, 4.69) is 11.6 Å². The van der Waals surface area contributed by atoms with Gasteiger partial charge in [-0.05, 0) is 37.6 Å². The maximum absolute atomic E-state index is 13.0. The first kappa shape index (κ1) is 20.2. The lowest BCUT2D eigenvalue weighted by Gasteiger charge is -2.21. The van der Waals surface area contributed by atoms with Crippen LogP contribution in [0.3, 0.4) is 0 Å². The van der Waals surface area contributed by atoms with Crippen LogP contribution in [-0.4, -0.2) is 54.5 Å². The number of nitrogens with zero attached hydrogens (tertiary/aromatic N) is 1. The maximum Gasteiger partial charge on any atom is 0.354 e. The summed E-state index contributed by atoms with van der Waals surface area (Å²) in [6.07, 6.45) is 1.55. The van der Waals surface area contributed by atoms with Crippen molar-refractivity contribution in [2.24, 2.45) is 0 Å². The van der Waals surface area contributed by atoms with Crippen LogP contribution in [0.25, 0.3) is 0 Å². The molecule has 1 aromatic carbocycles. The third kappa shape index (κ3) is 3.87. The summed E-state index contributed by atoms with van der Waals surface area (Å²) in [7, 11) is 1.27. The third-order valence-corrected chi connectivity index (χ3v) is 4.70. The second kappa shape index (κ2) is 8.22. The molecule has 8 nitrogen and oxygen atoms in total. The van der Waals surface area contributed by atoms with Gasteiger partial charge in [-0.1, -0.05) is 6.08 Å². The largest absolute Gasteiger partial charge is 0.464 e. The number of aryl methyl sites for hydroxylation is 1. The number of nitrogens with one attached hydrogen (secondary N) is 1. The highest BCUT2D eigenvalue weighted by Crippen LogP contribution is 2.32. The molecule has 8 heteroatoms. The van der Waals surface area contributed by atoms with Crippen molar-refractivity contribution in [2.75, 3.05) is 27.0 Å². The Morgan fingerprint density at radius 3 is 2.66 bits per heavy atom. The minimum Gasteiger partial charge on any atom is -0.464 e. The lowest BCUT2D eigenvalue weighted by Crippen LogP contribution is -2.36.